The standard InChI is InChI=1S/C27H30ClN3O4S/c1-2-35-26(34)19-9-8-15-30(18-19)24(32)14-5-6-16-36-27-29-23-13-4-3-12-22(23)25(33)31(27)21-11-7-10-20(28)17-21/h3-4,7,10-13,17,19H,2,5-6,8-9,14-16,18H2,1H3. The maximum Gasteiger partial charge on any atom is 0.310 e. The number of carbonyl (C=O) groups is 2. The molecule has 1 unspecified atom stereocenters. The van der Waals surface area contributed by atoms with Gasteiger partial charge in [0, 0.05) is 30.3 Å². The first-order chi connectivity index (χ1) is 17.5. The predicted octanol–water partition coefficient (Wildman–Crippen LogP) is 5.10. The van der Waals surface area contributed by atoms with E-state index in [1.807, 2.05) is 30.3 Å². The Hall–Kier alpha value is -2.84. The number of para-hydroxylation sites is 1. The second-order valence-corrected chi connectivity index (χ2v) is 10.3. The largest absolute Gasteiger partial charge is 0.466 e. The SMILES string of the molecule is CCOC(=O)C1CCCN(C(=O)CCCCSc2nc3ccccc3c(=O)n2-c2cccc(Cl)c2)C1. The van der Waals surface area contributed by atoms with Gasteiger partial charge in [-0.1, -0.05) is 41.6 Å². The number of unbranched alkanes of at least 4 members (excludes halogenated alkanes) is 1. The van der Waals surface area contributed by atoms with Crippen LogP contribution in [0, 0.1) is 5.92 Å². The first kappa shape index (κ1) is 26.2. The van der Waals surface area contributed by atoms with Gasteiger partial charge in [0.25, 0.3) is 5.56 Å². The highest BCUT2D eigenvalue weighted by atomic mass is 35.5. The van der Waals surface area contributed by atoms with E-state index >= 15 is 0 Å². The Morgan fingerprint density at radius 3 is 2.81 bits per heavy atom. The third kappa shape index (κ3) is 6.28. The van der Waals surface area contributed by atoms with E-state index in [-0.39, 0.29) is 23.4 Å². The summed E-state index contributed by atoms with van der Waals surface area (Å²) in [7, 11) is 0. The maximum atomic E-state index is 13.3. The Labute approximate surface area is 219 Å². The average molecular weight is 528 g/mol. The number of rotatable bonds is 9. The Morgan fingerprint density at radius 1 is 1.17 bits per heavy atom. The monoisotopic (exact) mass is 527 g/mol. The van der Waals surface area contributed by atoms with Crippen molar-refractivity contribution in [2.45, 2.75) is 44.2 Å². The molecule has 4 rings (SSSR count). The van der Waals surface area contributed by atoms with Gasteiger partial charge in [-0.2, -0.15) is 0 Å². The lowest BCUT2D eigenvalue weighted by molar-refractivity contribution is -0.151. The summed E-state index contributed by atoms with van der Waals surface area (Å²) in [5.41, 5.74) is 1.19. The van der Waals surface area contributed by atoms with Crippen molar-refractivity contribution in [3.8, 4) is 5.69 Å². The van der Waals surface area contributed by atoms with Crippen LogP contribution in [0.3, 0.4) is 0 Å². The van der Waals surface area contributed by atoms with E-state index in [1.165, 1.54) is 11.8 Å². The second-order valence-electron chi connectivity index (χ2n) is 8.77. The molecule has 1 atom stereocenters. The fourth-order valence-electron chi connectivity index (χ4n) is 4.41. The summed E-state index contributed by atoms with van der Waals surface area (Å²) in [6.07, 6.45) is 3.54. The molecule has 3 aromatic rings. The molecule has 1 aromatic heterocycles. The van der Waals surface area contributed by atoms with E-state index < -0.39 is 0 Å². The molecule has 2 heterocycles. The molecular formula is C27H30ClN3O4S. The van der Waals surface area contributed by atoms with Gasteiger partial charge < -0.3 is 9.64 Å². The topological polar surface area (TPSA) is 81.5 Å². The highest BCUT2D eigenvalue weighted by Crippen LogP contribution is 2.24. The van der Waals surface area contributed by atoms with Crippen molar-refractivity contribution in [1.29, 1.82) is 0 Å². The van der Waals surface area contributed by atoms with Gasteiger partial charge in [0.2, 0.25) is 5.91 Å². The number of hydrogen-bond acceptors (Lipinski definition) is 6. The smallest absolute Gasteiger partial charge is 0.310 e. The number of ether oxygens (including phenoxy) is 1. The number of aromatic nitrogens is 2. The van der Waals surface area contributed by atoms with Gasteiger partial charge in [-0.15, -0.1) is 0 Å². The first-order valence-corrected chi connectivity index (χ1v) is 13.7. The highest BCUT2D eigenvalue weighted by Gasteiger charge is 2.29. The summed E-state index contributed by atoms with van der Waals surface area (Å²) < 4.78 is 6.74. The summed E-state index contributed by atoms with van der Waals surface area (Å²) in [6.45, 7) is 3.29. The number of fused-ring (bicyclic) bond motifs is 1. The zero-order valence-electron chi connectivity index (χ0n) is 20.3. The number of carbonyl (C=O) groups excluding carboxylic acids is 2. The van der Waals surface area contributed by atoms with Gasteiger partial charge in [0.1, 0.15) is 0 Å². The number of esters is 1. The van der Waals surface area contributed by atoms with Crippen molar-refractivity contribution in [3.05, 3.63) is 63.9 Å². The second kappa shape index (κ2) is 12.4. The Balaban J connectivity index is 1.38. The minimum Gasteiger partial charge on any atom is -0.466 e. The van der Waals surface area contributed by atoms with Crippen LogP contribution in [0.2, 0.25) is 5.02 Å². The van der Waals surface area contributed by atoms with Crippen LogP contribution in [0.4, 0.5) is 0 Å². The van der Waals surface area contributed by atoms with Crippen molar-refractivity contribution >= 4 is 46.1 Å². The lowest BCUT2D eigenvalue weighted by Gasteiger charge is -2.31. The summed E-state index contributed by atoms with van der Waals surface area (Å²) in [6, 6.07) is 14.5. The zero-order chi connectivity index (χ0) is 25.5. The van der Waals surface area contributed by atoms with Crippen LogP contribution in [-0.4, -0.2) is 51.8 Å². The molecule has 36 heavy (non-hydrogen) atoms. The molecule has 1 amide bonds. The van der Waals surface area contributed by atoms with Gasteiger partial charge in [0.15, 0.2) is 5.16 Å². The number of benzene rings is 2. The lowest BCUT2D eigenvalue weighted by atomic mass is 9.98. The van der Waals surface area contributed by atoms with Gasteiger partial charge in [-0.3, -0.25) is 19.0 Å². The Morgan fingerprint density at radius 2 is 2.00 bits per heavy atom. The van der Waals surface area contributed by atoms with Crippen molar-refractivity contribution in [3.63, 3.8) is 0 Å². The van der Waals surface area contributed by atoms with Crippen LogP contribution in [0.1, 0.15) is 39.0 Å². The molecule has 2 aromatic carbocycles. The number of halogens is 1. The molecule has 0 radical (unpaired) electrons. The van der Waals surface area contributed by atoms with Gasteiger partial charge in [0.05, 0.1) is 29.1 Å². The molecule has 0 aliphatic carbocycles. The van der Waals surface area contributed by atoms with Crippen LogP contribution in [0.15, 0.2) is 58.5 Å². The van der Waals surface area contributed by atoms with E-state index in [0.717, 1.165) is 25.7 Å². The minimum absolute atomic E-state index is 0.0775. The lowest BCUT2D eigenvalue weighted by Crippen LogP contribution is -2.42. The molecule has 0 spiro atoms. The Kier molecular flexibility index (Phi) is 9.04. The Bertz CT molecular complexity index is 1300. The molecule has 1 aliphatic rings. The maximum absolute atomic E-state index is 13.3. The molecular weight excluding hydrogens is 498 g/mol. The number of likely N-dealkylation sites (tertiary alicyclic amines) is 1. The summed E-state index contributed by atoms with van der Waals surface area (Å²) in [5, 5.41) is 1.70. The summed E-state index contributed by atoms with van der Waals surface area (Å²) >= 11 is 7.69. The number of piperidine rings is 1. The zero-order valence-corrected chi connectivity index (χ0v) is 21.9. The number of hydrogen-bond donors (Lipinski definition) is 0. The molecule has 7 nitrogen and oxygen atoms in total. The van der Waals surface area contributed by atoms with Crippen LogP contribution in [-0.2, 0) is 14.3 Å². The number of amides is 1. The predicted molar refractivity (Wildman–Crippen MR) is 143 cm³/mol. The van der Waals surface area contributed by atoms with Crippen LogP contribution < -0.4 is 5.56 Å². The molecule has 9 heteroatoms. The number of thioether (sulfide) groups is 1. The number of nitrogens with zero attached hydrogens (tertiary/aromatic N) is 3. The van der Waals surface area contributed by atoms with E-state index in [9.17, 15) is 14.4 Å². The van der Waals surface area contributed by atoms with E-state index in [4.69, 9.17) is 21.3 Å². The van der Waals surface area contributed by atoms with Crippen LogP contribution in [0.5, 0.6) is 0 Å². The van der Waals surface area contributed by atoms with E-state index in [1.54, 1.807) is 34.6 Å². The van der Waals surface area contributed by atoms with Crippen LogP contribution >= 0.6 is 23.4 Å². The van der Waals surface area contributed by atoms with Crippen LogP contribution in [0.25, 0.3) is 16.6 Å². The fraction of sp³-hybridized carbons (Fsp3) is 0.407. The van der Waals surface area contributed by atoms with Gasteiger partial charge in [-0.05, 0) is 62.9 Å². The highest BCUT2D eigenvalue weighted by molar-refractivity contribution is 7.99. The van der Waals surface area contributed by atoms with E-state index in [2.05, 4.69) is 0 Å². The van der Waals surface area contributed by atoms with Crippen molar-refractivity contribution in [2.75, 3.05) is 25.4 Å². The van der Waals surface area contributed by atoms with Crippen molar-refractivity contribution < 1.29 is 14.3 Å². The molecule has 1 saturated heterocycles. The molecule has 0 saturated carbocycles. The molecule has 1 fully saturated rings. The summed E-state index contributed by atoms with van der Waals surface area (Å²) in [5.74, 6) is 0.360. The molecule has 0 bridgehead atoms. The third-order valence-corrected chi connectivity index (χ3v) is 7.48. The van der Waals surface area contributed by atoms with Crippen molar-refractivity contribution in [2.24, 2.45) is 5.92 Å². The quantitative estimate of drug-likeness (QED) is 0.167. The third-order valence-electron chi connectivity index (χ3n) is 6.22. The van der Waals surface area contributed by atoms with E-state index in [0.29, 0.717) is 58.6 Å². The first-order valence-electron chi connectivity index (χ1n) is 12.3. The average Bonchev–Trinajstić information content (AvgIpc) is 2.88. The van der Waals surface area contributed by atoms with Gasteiger partial charge in [-0.25, -0.2) is 4.98 Å². The van der Waals surface area contributed by atoms with Crippen molar-refractivity contribution in [1.82, 2.24) is 14.5 Å². The molecule has 0 N–H and O–H groups in total. The van der Waals surface area contributed by atoms with Gasteiger partial charge >= 0.3 is 5.97 Å². The minimum atomic E-state index is -0.222. The summed E-state index contributed by atoms with van der Waals surface area (Å²) in [4.78, 5) is 44.6. The molecule has 1 aliphatic heterocycles. The molecule has 190 valence electrons. The fourth-order valence-corrected chi connectivity index (χ4v) is 5.60. The normalized spacial score (nSPS) is 15.7.